The molecule has 0 fully saturated rings. The van der Waals surface area contributed by atoms with E-state index in [4.69, 9.17) is 10.5 Å². The molecule has 1 aromatic carbocycles. The topological polar surface area (TPSA) is 68.1 Å². The predicted octanol–water partition coefficient (Wildman–Crippen LogP) is 1.03. The van der Waals surface area contributed by atoms with Gasteiger partial charge in [-0.05, 0) is 6.07 Å². The number of carbonyl (C=O) groups excluding carboxylic acids is 1. The van der Waals surface area contributed by atoms with E-state index in [9.17, 15) is 4.79 Å². The third kappa shape index (κ3) is 1.69. The number of ether oxygens (including phenoxy) is 1. The summed E-state index contributed by atoms with van der Waals surface area (Å²) >= 11 is 0. The van der Waals surface area contributed by atoms with Gasteiger partial charge in [0.15, 0.2) is 12.5 Å². The molecular weight excluding hydrogens is 180 g/mol. The van der Waals surface area contributed by atoms with E-state index in [0.29, 0.717) is 5.88 Å². The van der Waals surface area contributed by atoms with Gasteiger partial charge in [0.1, 0.15) is 0 Å². The third-order valence-corrected chi connectivity index (χ3v) is 1.88. The van der Waals surface area contributed by atoms with Gasteiger partial charge in [-0.15, -0.1) is 0 Å². The van der Waals surface area contributed by atoms with Crippen LogP contribution in [-0.2, 0) is 4.79 Å². The highest BCUT2D eigenvalue weighted by Crippen LogP contribution is 2.19. The van der Waals surface area contributed by atoms with Crippen molar-refractivity contribution >= 4 is 16.8 Å². The minimum Gasteiger partial charge on any atom is -0.469 e. The summed E-state index contributed by atoms with van der Waals surface area (Å²) in [5.74, 6) is 0.0775. The van der Waals surface area contributed by atoms with E-state index in [1.165, 1.54) is 0 Å². The molecule has 0 aliphatic rings. The van der Waals surface area contributed by atoms with Gasteiger partial charge in [-0.1, -0.05) is 18.2 Å². The summed E-state index contributed by atoms with van der Waals surface area (Å²) in [6, 6.07) is 9.60. The molecule has 0 spiro atoms. The summed E-state index contributed by atoms with van der Waals surface area (Å²) in [6.07, 6.45) is 0. The first-order valence-corrected chi connectivity index (χ1v) is 4.24. The maximum absolute atomic E-state index is 10.5. The van der Waals surface area contributed by atoms with Crippen LogP contribution in [0.5, 0.6) is 5.88 Å². The van der Waals surface area contributed by atoms with Gasteiger partial charge < -0.3 is 15.5 Å². The lowest BCUT2D eigenvalue weighted by Gasteiger charge is -1.97. The number of aromatic nitrogens is 1. The molecule has 0 atom stereocenters. The van der Waals surface area contributed by atoms with Gasteiger partial charge in [0, 0.05) is 17.0 Å². The van der Waals surface area contributed by atoms with E-state index in [2.05, 4.69) is 4.98 Å². The van der Waals surface area contributed by atoms with Crippen LogP contribution in [-0.4, -0.2) is 17.5 Å². The molecule has 1 amide bonds. The molecule has 14 heavy (non-hydrogen) atoms. The lowest BCUT2D eigenvalue weighted by molar-refractivity contribution is -0.120. The van der Waals surface area contributed by atoms with Gasteiger partial charge in [-0.2, -0.15) is 0 Å². The van der Waals surface area contributed by atoms with Gasteiger partial charge in [-0.3, -0.25) is 4.79 Å². The highest BCUT2D eigenvalue weighted by atomic mass is 16.5. The molecule has 4 nitrogen and oxygen atoms in total. The minimum absolute atomic E-state index is 0.104. The standard InChI is InChI=1S/C10H10N2O2/c11-9(13)6-14-10-5-7-3-1-2-4-8(7)12-10/h1-5,12H,6H2,(H2,11,13). The zero-order chi connectivity index (χ0) is 9.97. The zero-order valence-corrected chi connectivity index (χ0v) is 7.49. The Morgan fingerprint density at radius 1 is 1.43 bits per heavy atom. The van der Waals surface area contributed by atoms with Crippen molar-refractivity contribution in [2.45, 2.75) is 0 Å². The highest BCUT2D eigenvalue weighted by molar-refractivity contribution is 5.81. The summed E-state index contributed by atoms with van der Waals surface area (Å²) in [7, 11) is 0. The van der Waals surface area contributed by atoms with Gasteiger partial charge in [0.2, 0.25) is 0 Å². The SMILES string of the molecule is NC(=O)COc1cc2ccccc2[nH]1. The smallest absolute Gasteiger partial charge is 0.255 e. The molecule has 72 valence electrons. The van der Waals surface area contributed by atoms with Crippen LogP contribution in [0.15, 0.2) is 30.3 Å². The largest absolute Gasteiger partial charge is 0.469 e. The third-order valence-electron chi connectivity index (χ3n) is 1.88. The van der Waals surface area contributed by atoms with Crippen molar-refractivity contribution in [3.05, 3.63) is 30.3 Å². The van der Waals surface area contributed by atoms with Gasteiger partial charge in [0.25, 0.3) is 5.91 Å². The van der Waals surface area contributed by atoms with Crippen molar-refractivity contribution in [2.75, 3.05) is 6.61 Å². The lowest BCUT2D eigenvalue weighted by Crippen LogP contribution is -2.20. The van der Waals surface area contributed by atoms with Crippen LogP contribution in [0.4, 0.5) is 0 Å². The molecule has 4 heteroatoms. The molecule has 3 N–H and O–H groups in total. The first-order valence-electron chi connectivity index (χ1n) is 4.24. The first kappa shape index (κ1) is 8.62. The maximum atomic E-state index is 10.5. The fraction of sp³-hybridized carbons (Fsp3) is 0.100. The molecule has 1 aromatic heterocycles. The zero-order valence-electron chi connectivity index (χ0n) is 7.49. The number of benzene rings is 1. The number of aromatic amines is 1. The molecule has 1 heterocycles. The van der Waals surface area contributed by atoms with E-state index in [-0.39, 0.29) is 6.61 Å². The van der Waals surface area contributed by atoms with Gasteiger partial charge in [0.05, 0.1) is 0 Å². The Bertz CT molecular complexity index is 429. The Morgan fingerprint density at radius 3 is 2.93 bits per heavy atom. The Labute approximate surface area is 80.7 Å². The quantitative estimate of drug-likeness (QED) is 0.759. The monoisotopic (exact) mass is 190 g/mol. The number of rotatable bonds is 3. The summed E-state index contributed by atoms with van der Waals surface area (Å²) in [4.78, 5) is 13.5. The summed E-state index contributed by atoms with van der Waals surface area (Å²) in [5, 5.41) is 1.05. The number of carbonyl (C=O) groups is 1. The van der Waals surface area contributed by atoms with Crippen LogP contribution in [0, 0.1) is 0 Å². The number of primary amides is 1. The Balaban J connectivity index is 2.22. The maximum Gasteiger partial charge on any atom is 0.255 e. The van der Waals surface area contributed by atoms with Crippen LogP contribution in [0.2, 0.25) is 0 Å². The van der Waals surface area contributed by atoms with Crippen LogP contribution in [0.25, 0.3) is 10.9 Å². The second-order valence-electron chi connectivity index (χ2n) is 2.98. The molecule has 2 aromatic rings. The van der Waals surface area contributed by atoms with Gasteiger partial charge in [-0.25, -0.2) is 0 Å². The van der Waals surface area contributed by atoms with Crippen LogP contribution < -0.4 is 10.5 Å². The molecule has 0 unspecified atom stereocenters. The number of para-hydroxylation sites is 1. The molecular formula is C10H10N2O2. The van der Waals surface area contributed by atoms with Crippen molar-refractivity contribution in [2.24, 2.45) is 5.73 Å². The fourth-order valence-electron chi connectivity index (χ4n) is 1.27. The van der Waals surface area contributed by atoms with E-state index in [1.807, 2.05) is 30.3 Å². The molecule has 2 rings (SSSR count). The Morgan fingerprint density at radius 2 is 2.21 bits per heavy atom. The van der Waals surface area contributed by atoms with E-state index in [1.54, 1.807) is 0 Å². The molecule has 0 radical (unpaired) electrons. The average molecular weight is 190 g/mol. The average Bonchev–Trinajstić information content (AvgIpc) is 2.57. The molecule has 0 aliphatic heterocycles. The molecule has 0 aliphatic carbocycles. The number of hydrogen-bond acceptors (Lipinski definition) is 2. The minimum atomic E-state index is -0.483. The fourth-order valence-corrected chi connectivity index (χ4v) is 1.27. The summed E-state index contributed by atoms with van der Waals surface area (Å²) in [6.45, 7) is -0.104. The van der Waals surface area contributed by atoms with Crippen LogP contribution in [0.3, 0.4) is 0 Å². The number of H-pyrrole nitrogens is 1. The lowest BCUT2D eigenvalue weighted by atomic mass is 10.3. The summed E-state index contributed by atoms with van der Waals surface area (Å²) < 4.78 is 5.12. The Kier molecular flexibility index (Phi) is 2.10. The number of amides is 1. The number of hydrogen-bond donors (Lipinski definition) is 2. The van der Waals surface area contributed by atoms with Crippen molar-refractivity contribution in [1.82, 2.24) is 4.98 Å². The van der Waals surface area contributed by atoms with Crippen LogP contribution >= 0.6 is 0 Å². The van der Waals surface area contributed by atoms with Crippen molar-refractivity contribution < 1.29 is 9.53 Å². The Hall–Kier alpha value is -1.97. The second-order valence-corrected chi connectivity index (χ2v) is 2.98. The van der Waals surface area contributed by atoms with Crippen molar-refractivity contribution in [3.8, 4) is 5.88 Å². The molecule has 0 saturated heterocycles. The van der Waals surface area contributed by atoms with Gasteiger partial charge >= 0.3 is 0 Å². The number of nitrogens with one attached hydrogen (secondary N) is 1. The van der Waals surface area contributed by atoms with Crippen LogP contribution in [0.1, 0.15) is 0 Å². The van der Waals surface area contributed by atoms with Crippen molar-refractivity contribution in [3.63, 3.8) is 0 Å². The predicted molar refractivity (Wildman–Crippen MR) is 53.0 cm³/mol. The van der Waals surface area contributed by atoms with E-state index >= 15 is 0 Å². The summed E-state index contributed by atoms with van der Waals surface area (Å²) in [5.41, 5.74) is 5.94. The second kappa shape index (κ2) is 3.41. The van der Waals surface area contributed by atoms with E-state index < -0.39 is 5.91 Å². The molecule has 0 saturated carbocycles. The first-order chi connectivity index (χ1) is 6.75. The molecule has 0 bridgehead atoms. The number of fused-ring (bicyclic) bond motifs is 1. The van der Waals surface area contributed by atoms with E-state index in [0.717, 1.165) is 10.9 Å². The normalized spacial score (nSPS) is 10.3. The van der Waals surface area contributed by atoms with Crippen molar-refractivity contribution in [1.29, 1.82) is 0 Å². The number of nitrogens with two attached hydrogens (primary N) is 1. The highest BCUT2D eigenvalue weighted by Gasteiger charge is 2.01.